The first-order valence-corrected chi connectivity index (χ1v) is 6.93. The van der Waals surface area contributed by atoms with Crippen LogP contribution in [0, 0.1) is 0 Å². The molecule has 1 atom stereocenters. The van der Waals surface area contributed by atoms with Gasteiger partial charge in [0.15, 0.2) is 0 Å². The van der Waals surface area contributed by atoms with E-state index in [1.165, 1.54) is 11.3 Å². The maximum Gasteiger partial charge on any atom is 0.222 e. The van der Waals surface area contributed by atoms with E-state index in [0.29, 0.717) is 18.6 Å². The highest BCUT2D eigenvalue weighted by Gasteiger charge is 2.07. The average Bonchev–Trinajstić information content (AvgIpc) is 2.70. The molecule has 0 radical (unpaired) electrons. The zero-order valence-electron chi connectivity index (χ0n) is 8.93. The largest absolute Gasteiger partial charge is 0.349 e. The summed E-state index contributed by atoms with van der Waals surface area (Å²) in [4.78, 5) is 12.8. The molecule has 1 amide bonds. The number of hydrogen-bond acceptors (Lipinski definition) is 3. The van der Waals surface area contributed by atoms with Gasteiger partial charge in [0.25, 0.3) is 0 Å². The van der Waals surface area contributed by atoms with Gasteiger partial charge >= 0.3 is 0 Å². The van der Waals surface area contributed by atoms with E-state index >= 15 is 0 Å². The van der Waals surface area contributed by atoms with Gasteiger partial charge in [-0.15, -0.1) is 11.3 Å². The average molecular weight is 245 g/mol. The molecule has 1 heterocycles. The molecule has 0 unspecified atom stereocenters. The lowest BCUT2D eigenvalue weighted by Gasteiger charge is -2.09. The highest BCUT2D eigenvalue weighted by atomic mass is 32.2. The van der Waals surface area contributed by atoms with Gasteiger partial charge in [-0.05, 0) is 17.9 Å². The van der Waals surface area contributed by atoms with Crippen LogP contribution in [0.5, 0.6) is 0 Å². The number of carbonyl (C=O) groups is 1. The summed E-state index contributed by atoms with van der Waals surface area (Å²) in [5, 5.41) is 1.91. The third kappa shape index (κ3) is 4.13. The topological polar surface area (TPSA) is 37.4 Å². The Balaban J connectivity index is 2.27. The first-order chi connectivity index (χ1) is 7.11. The minimum Gasteiger partial charge on any atom is -0.349 e. The van der Waals surface area contributed by atoms with Gasteiger partial charge in [-0.3, -0.25) is 9.00 Å². The molecule has 1 rings (SSSR count). The third-order valence-corrected chi connectivity index (χ3v) is 4.69. The Labute approximate surface area is 96.6 Å². The van der Waals surface area contributed by atoms with Crippen molar-refractivity contribution in [3.8, 4) is 0 Å². The van der Waals surface area contributed by atoms with Crippen molar-refractivity contribution in [1.82, 2.24) is 4.90 Å². The SMILES string of the molecule is CN(C)C(=O)CCC[S@](=O)c1cccs1. The predicted octanol–water partition coefficient (Wildman–Crippen LogP) is 1.72. The van der Waals surface area contributed by atoms with Crippen LogP contribution in [0.25, 0.3) is 0 Å². The molecular weight excluding hydrogens is 230 g/mol. The standard InChI is InChI=1S/C10H15NO2S2/c1-11(2)9(12)5-4-8-15(13)10-6-3-7-14-10/h3,6-7H,4-5,8H2,1-2H3/t15-/m0/s1. The molecule has 0 N–H and O–H groups in total. The van der Waals surface area contributed by atoms with Gasteiger partial charge in [0.05, 0.1) is 15.0 Å². The van der Waals surface area contributed by atoms with Gasteiger partial charge in [0.1, 0.15) is 0 Å². The molecular formula is C10H15NO2S2. The number of thiophene rings is 1. The molecule has 15 heavy (non-hydrogen) atoms. The Morgan fingerprint density at radius 1 is 1.53 bits per heavy atom. The normalized spacial score (nSPS) is 12.4. The lowest BCUT2D eigenvalue weighted by molar-refractivity contribution is -0.128. The quantitative estimate of drug-likeness (QED) is 0.792. The van der Waals surface area contributed by atoms with Crippen LogP contribution in [-0.2, 0) is 15.6 Å². The number of nitrogens with zero attached hydrogens (tertiary/aromatic N) is 1. The summed E-state index contributed by atoms with van der Waals surface area (Å²) in [6.45, 7) is 0. The van der Waals surface area contributed by atoms with Crippen LogP contribution in [0.2, 0.25) is 0 Å². The number of amides is 1. The molecule has 0 aliphatic carbocycles. The third-order valence-electron chi connectivity index (χ3n) is 1.94. The molecule has 0 aromatic carbocycles. The number of rotatable bonds is 5. The van der Waals surface area contributed by atoms with Crippen LogP contribution < -0.4 is 0 Å². The van der Waals surface area contributed by atoms with E-state index in [0.717, 1.165) is 4.21 Å². The van der Waals surface area contributed by atoms with E-state index in [-0.39, 0.29) is 5.91 Å². The molecule has 3 nitrogen and oxygen atoms in total. The van der Waals surface area contributed by atoms with Crippen LogP contribution in [0.4, 0.5) is 0 Å². The van der Waals surface area contributed by atoms with Gasteiger partial charge in [-0.2, -0.15) is 0 Å². The molecule has 0 aliphatic heterocycles. The fraction of sp³-hybridized carbons (Fsp3) is 0.500. The molecule has 5 heteroatoms. The summed E-state index contributed by atoms with van der Waals surface area (Å²) >= 11 is 1.50. The number of carbonyl (C=O) groups excluding carboxylic acids is 1. The van der Waals surface area contributed by atoms with Crippen LogP contribution in [0.15, 0.2) is 21.7 Å². The first kappa shape index (κ1) is 12.4. The van der Waals surface area contributed by atoms with Gasteiger partial charge in [0, 0.05) is 26.3 Å². The summed E-state index contributed by atoms with van der Waals surface area (Å²) in [6, 6.07) is 3.76. The van der Waals surface area contributed by atoms with Crippen LogP contribution in [-0.4, -0.2) is 34.9 Å². The summed E-state index contributed by atoms with van der Waals surface area (Å²) in [5.74, 6) is 0.665. The number of hydrogen-bond donors (Lipinski definition) is 0. The molecule has 0 saturated heterocycles. The zero-order valence-corrected chi connectivity index (χ0v) is 10.6. The Morgan fingerprint density at radius 3 is 2.80 bits per heavy atom. The lowest BCUT2D eigenvalue weighted by atomic mass is 10.3. The van der Waals surface area contributed by atoms with Crippen molar-refractivity contribution in [2.75, 3.05) is 19.8 Å². The Morgan fingerprint density at radius 2 is 2.27 bits per heavy atom. The molecule has 0 aliphatic rings. The summed E-state index contributed by atoms with van der Waals surface area (Å²) in [5.41, 5.74) is 0. The predicted molar refractivity (Wildman–Crippen MR) is 63.5 cm³/mol. The van der Waals surface area contributed by atoms with E-state index < -0.39 is 10.8 Å². The van der Waals surface area contributed by atoms with E-state index in [1.54, 1.807) is 19.0 Å². The summed E-state index contributed by atoms with van der Waals surface area (Å²) < 4.78 is 12.5. The minimum atomic E-state index is -0.934. The van der Waals surface area contributed by atoms with Crippen LogP contribution in [0.1, 0.15) is 12.8 Å². The van der Waals surface area contributed by atoms with Crippen molar-refractivity contribution in [1.29, 1.82) is 0 Å². The van der Waals surface area contributed by atoms with Crippen molar-refractivity contribution >= 4 is 28.0 Å². The van der Waals surface area contributed by atoms with E-state index in [9.17, 15) is 9.00 Å². The molecule has 0 fully saturated rings. The van der Waals surface area contributed by atoms with E-state index in [4.69, 9.17) is 0 Å². The Hall–Kier alpha value is -0.680. The van der Waals surface area contributed by atoms with Crippen molar-refractivity contribution in [3.63, 3.8) is 0 Å². The smallest absolute Gasteiger partial charge is 0.222 e. The van der Waals surface area contributed by atoms with E-state index in [2.05, 4.69) is 0 Å². The van der Waals surface area contributed by atoms with Crippen LogP contribution in [0.3, 0.4) is 0 Å². The zero-order chi connectivity index (χ0) is 11.3. The maximum absolute atomic E-state index is 11.7. The van der Waals surface area contributed by atoms with Crippen molar-refractivity contribution < 1.29 is 9.00 Å². The van der Waals surface area contributed by atoms with Gasteiger partial charge in [-0.25, -0.2) is 0 Å². The second-order valence-electron chi connectivity index (χ2n) is 3.37. The van der Waals surface area contributed by atoms with Crippen molar-refractivity contribution in [2.45, 2.75) is 17.1 Å². The van der Waals surface area contributed by atoms with Crippen LogP contribution >= 0.6 is 11.3 Å². The van der Waals surface area contributed by atoms with Crippen molar-refractivity contribution in [2.24, 2.45) is 0 Å². The molecule has 0 spiro atoms. The van der Waals surface area contributed by atoms with Gasteiger partial charge in [-0.1, -0.05) is 6.07 Å². The van der Waals surface area contributed by atoms with E-state index in [1.807, 2.05) is 17.5 Å². The fourth-order valence-electron chi connectivity index (χ4n) is 1.07. The minimum absolute atomic E-state index is 0.0955. The molecule has 0 bridgehead atoms. The van der Waals surface area contributed by atoms with Crippen molar-refractivity contribution in [3.05, 3.63) is 17.5 Å². The maximum atomic E-state index is 11.7. The lowest BCUT2D eigenvalue weighted by Crippen LogP contribution is -2.21. The molecule has 0 saturated carbocycles. The molecule has 84 valence electrons. The molecule has 1 aromatic rings. The second-order valence-corrected chi connectivity index (χ2v) is 6.12. The fourth-order valence-corrected chi connectivity index (χ4v) is 3.20. The second kappa shape index (κ2) is 6.02. The molecule has 1 aromatic heterocycles. The highest BCUT2D eigenvalue weighted by molar-refractivity contribution is 7.87. The van der Waals surface area contributed by atoms with Gasteiger partial charge < -0.3 is 4.90 Å². The monoisotopic (exact) mass is 245 g/mol. The first-order valence-electron chi connectivity index (χ1n) is 4.73. The Bertz CT molecular complexity index is 333. The Kier molecular flexibility index (Phi) is 4.98. The van der Waals surface area contributed by atoms with Gasteiger partial charge in [0.2, 0.25) is 5.91 Å². The summed E-state index contributed by atoms with van der Waals surface area (Å²) in [7, 11) is 2.54. The highest BCUT2D eigenvalue weighted by Crippen LogP contribution is 2.14. The summed E-state index contributed by atoms with van der Waals surface area (Å²) in [6.07, 6.45) is 1.16.